The number of anilines is 1. The maximum Gasteiger partial charge on any atom is 0.260 e. The lowest BCUT2D eigenvalue weighted by Crippen LogP contribution is -2.43. The molecule has 30 heavy (non-hydrogen) atoms. The predicted molar refractivity (Wildman–Crippen MR) is 112 cm³/mol. The number of carbonyl (C=O) groups excluding carboxylic acids is 2. The molecule has 0 unspecified atom stereocenters. The van der Waals surface area contributed by atoms with E-state index in [9.17, 15) is 9.59 Å². The minimum absolute atomic E-state index is 0.0105. The highest BCUT2D eigenvalue weighted by atomic mass is 16.7. The fraction of sp³-hybridized carbons (Fsp3) is 0.391. The third kappa shape index (κ3) is 4.50. The molecular weight excluding hydrogens is 384 g/mol. The van der Waals surface area contributed by atoms with Crippen LogP contribution >= 0.6 is 0 Å². The molecule has 2 aromatic carbocycles. The lowest BCUT2D eigenvalue weighted by molar-refractivity contribution is -0.136. The molecule has 1 N–H and O–H groups in total. The van der Waals surface area contributed by atoms with E-state index in [1.807, 2.05) is 32.0 Å². The molecule has 1 fully saturated rings. The van der Waals surface area contributed by atoms with Gasteiger partial charge in [0.2, 0.25) is 12.7 Å². The number of nitrogens with zero attached hydrogens (tertiary/aromatic N) is 1. The summed E-state index contributed by atoms with van der Waals surface area (Å²) < 4.78 is 16.3. The normalized spacial score (nSPS) is 15.7. The van der Waals surface area contributed by atoms with Crippen molar-refractivity contribution in [2.24, 2.45) is 5.92 Å². The number of rotatable bonds is 5. The van der Waals surface area contributed by atoms with Gasteiger partial charge in [0.15, 0.2) is 18.1 Å². The molecule has 0 aliphatic carbocycles. The van der Waals surface area contributed by atoms with Crippen molar-refractivity contribution in [2.75, 3.05) is 31.8 Å². The average Bonchev–Trinajstić information content (AvgIpc) is 3.22. The minimum atomic E-state index is -0.125. The van der Waals surface area contributed by atoms with E-state index in [2.05, 4.69) is 5.32 Å². The van der Waals surface area contributed by atoms with Crippen LogP contribution in [-0.2, 0) is 9.59 Å². The summed E-state index contributed by atoms with van der Waals surface area (Å²) in [5.74, 6) is 1.81. The fourth-order valence-electron chi connectivity index (χ4n) is 3.65. The molecule has 2 heterocycles. The molecule has 0 saturated carbocycles. The molecule has 0 atom stereocenters. The first kappa shape index (κ1) is 20.1. The third-order valence-corrected chi connectivity index (χ3v) is 5.70. The Hall–Kier alpha value is -3.22. The molecule has 2 aromatic rings. The Balaban J connectivity index is 1.24. The number of carbonyl (C=O) groups is 2. The molecule has 1 saturated heterocycles. The monoisotopic (exact) mass is 410 g/mol. The van der Waals surface area contributed by atoms with E-state index in [0.29, 0.717) is 48.9 Å². The number of ether oxygens (including phenoxy) is 3. The average molecular weight is 410 g/mol. The molecular formula is C23H26N2O5. The maximum atomic E-state index is 12.6. The van der Waals surface area contributed by atoms with E-state index < -0.39 is 0 Å². The van der Waals surface area contributed by atoms with Crippen LogP contribution in [0.25, 0.3) is 0 Å². The number of hydrogen-bond donors (Lipinski definition) is 1. The van der Waals surface area contributed by atoms with Gasteiger partial charge in [0.25, 0.3) is 5.91 Å². The second kappa shape index (κ2) is 8.65. The van der Waals surface area contributed by atoms with E-state index in [0.717, 1.165) is 5.56 Å². The number of piperidine rings is 1. The number of likely N-dealkylation sites (tertiary alicyclic amines) is 1. The first-order chi connectivity index (χ1) is 14.5. The van der Waals surface area contributed by atoms with Crippen LogP contribution in [0.1, 0.15) is 24.0 Å². The first-order valence-corrected chi connectivity index (χ1v) is 10.2. The highest BCUT2D eigenvalue weighted by Crippen LogP contribution is 2.34. The quantitative estimate of drug-likeness (QED) is 0.819. The SMILES string of the molecule is Cc1ccc(OCC(=O)N2CCC(C(=O)Nc3ccc4c(c3)OCO4)CC2)cc1C. The van der Waals surface area contributed by atoms with Gasteiger partial charge in [0, 0.05) is 30.8 Å². The second-order valence-corrected chi connectivity index (χ2v) is 7.75. The molecule has 0 radical (unpaired) electrons. The van der Waals surface area contributed by atoms with E-state index in [1.54, 1.807) is 23.1 Å². The van der Waals surface area contributed by atoms with Crippen LogP contribution in [0.3, 0.4) is 0 Å². The number of amides is 2. The van der Waals surface area contributed by atoms with Crippen LogP contribution in [0.15, 0.2) is 36.4 Å². The molecule has 158 valence electrons. The molecule has 7 heteroatoms. The largest absolute Gasteiger partial charge is 0.484 e. The minimum Gasteiger partial charge on any atom is -0.484 e. The van der Waals surface area contributed by atoms with Gasteiger partial charge in [-0.05, 0) is 62.1 Å². The van der Waals surface area contributed by atoms with Crippen LogP contribution in [0.5, 0.6) is 17.2 Å². The van der Waals surface area contributed by atoms with E-state index >= 15 is 0 Å². The summed E-state index contributed by atoms with van der Waals surface area (Å²) in [4.78, 5) is 26.8. The van der Waals surface area contributed by atoms with E-state index in [-0.39, 0.29) is 31.1 Å². The summed E-state index contributed by atoms with van der Waals surface area (Å²) in [7, 11) is 0. The van der Waals surface area contributed by atoms with Crippen molar-refractivity contribution >= 4 is 17.5 Å². The summed E-state index contributed by atoms with van der Waals surface area (Å²) in [6.45, 7) is 5.37. The maximum absolute atomic E-state index is 12.6. The van der Waals surface area contributed by atoms with Gasteiger partial charge in [0.05, 0.1) is 0 Å². The van der Waals surface area contributed by atoms with Crippen molar-refractivity contribution in [3.05, 3.63) is 47.5 Å². The van der Waals surface area contributed by atoms with Crippen LogP contribution in [0.2, 0.25) is 0 Å². The molecule has 2 aliphatic rings. The predicted octanol–water partition coefficient (Wildman–Crippen LogP) is 3.29. The highest BCUT2D eigenvalue weighted by molar-refractivity contribution is 5.93. The summed E-state index contributed by atoms with van der Waals surface area (Å²) in [5, 5.41) is 2.94. The Morgan fingerprint density at radius 2 is 1.80 bits per heavy atom. The molecule has 0 bridgehead atoms. The summed E-state index contributed by atoms with van der Waals surface area (Å²) in [6, 6.07) is 11.2. The lowest BCUT2D eigenvalue weighted by atomic mass is 9.95. The highest BCUT2D eigenvalue weighted by Gasteiger charge is 2.28. The molecule has 0 spiro atoms. The van der Waals surface area contributed by atoms with Gasteiger partial charge in [-0.15, -0.1) is 0 Å². The lowest BCUT2D eigenvalue weighted by Gasteiger charge is -2.31. The zero-order valence-electron chi connectivity index (χ0n) is 17.3. The number of nitrogens with one attached hydrogen (secondary N) is 1. The summed E-state index contributed by atoms with van der Waals surface area (Å²) >= 11 is 0. The Kier molecular flexibility index (Phi) is 5.79. The number of aryl methyl sites for hydroxylation is 2. The first-order valence-electron chi connectivity index (χ1n) is 10.2. The summed E-state index contributed by atoms with van der Waals surface area (Å²) in [6.07, 6.45) is 1.26. The number of benzene rings is 2. The van der Waals surface area contributed by atoms with Crippen LogP contribution in [0, 0.1) is 19.8 Å². The zero-order chi connectivity index (χ0) is 21.1. The van der Waals surface area contributed by atoms with Crippen molar-refractivity contribution in [1.82, 2.24) is 4.90 Å². The molecule has 2 amide bonds. The topological polar surface area (TPSA) is 77.1 Å². The van der Waals surface area contributed by atoms with E-state index in [1.165, 1.54) is 5.56 Å². The Labute approximate surface area is 175 Å². The van der Waals surface area contributed by atoms with E-state index in [4.69, 9.17) is 14.2 Å². The van der Waals surface area contributed by atoms with Crippen molar-refractivity contribution < 1.29 is 23.8 Å². The van der Waals surface area contributed by atoms with Gasteiger partial charge in [-0.1, -0.05) is 6.07 Å². The van der Waals surface area contributed by atoms with Gasteiger partial charge in [-0.3, -0.25) is 9.59 Å². The van der Waals surface area contributed by atoms with Crippen molar-refractivity contribution in [3.63, 3.8) is 0 Å². The molecule has 2 aliphatic heterocycles. The standard InChI is InChI=1S/C23H26N2O5/c1-15-3-5-19(11-16(15)2)28-13-22(26)25-9-7-17(8-10-25)23(27)24-18-4-6-20-21(12-18)30-14-29-20/h3-6,11-12,17H,7-10,13-14H2,1-2H3,(H,24,27). The molecule has 7 nitrogen and oxygen atoms in total. The van der Waals surface area contributed by atoms with Crippen molar-refractivity contribution in [3.8, 4) is 17.2 Å². The Bertz CT molecular complexity index is 951. The van der Waals surface area contributed by atoms with Crippen molar-refractivity contribution in [1.29, 1.82) is 0 Å². The Morgan fingerprint density at radius 3 is 2.57 bits per heavy atom. The fourth-order valence-corrected chi connectivity index (χ4v) is 3.65. The Morgan fingerprint density at radius 1 is 1.03 bits per heavy atom. The molecule has 4 rings (SSSR count). The summed E-state index contributed by atoms with van der Waals surface area (Å²) in [5.41, 5.74) is 3.01. The van der Waals surface area contributed by atoms with Gasteiger partial charge < -0.3 is 24.4 Å². The van der Waals surface area contributed by atoms with Gasteiger partial charge in [0.1, 0.15) is 5.75 Å². The van der Waals surface area contributed by atoms with Gasteiger partial charge >= 0.3 is 0 Å². The second-order valence-electron chi connectivity index (χ2n) is 7.75. The third-order valence-electron chi connectivity index (χ3n) is 5.70. The van der Waals surface area contributed by atoms with Gasteiger partial charge in [-0.25, -0.2) is 0 Å². The van der Waals surface area contributed by atoms with Crippen LogP contribution in [0.4, 0.5) is 5.69 Å². The van der Waals surface area contributed by atoms with Crippen LogP contribution < -0.4 is 19.5 Å². The zero-order valence-corrected chi connectivity index (χ0v) is 17.3. The molecule has 0 aromatic heterocycles. The van der Waals surface area contributed by atoms with Crippen LogP contribution in [-0.4, -0.2) is 43.2 Å². The van der Waals surface area contributed by atoms with Gasteiger partial charge in [-0.2, -0.15) is 0 Å². The van der Waals surface area contributed by atoms with Crippen molar-refractivity contribution in [2.45, 2.75) is 26.7 Å². The smallest absolute Gasteiger partial charge is 0.260 e. The number of fused-ring (bicyclic) bond motifs is 1. The number of hydrogen-bond acceptors (Lipinski definition) is 5.